The quantitative estimate of drug-likeness (QED) is 0.875. The third-order valence-corrected chi connectivity index (χ3v) is 4.80. The summed E-state index contributed by atoms with van der Waals surface area (Å²) in [4.78, 5) is 15.0. The van der Waals surface area contributed by atoms with Gasteiger partial charge in [0.2, 0.25) is 5.91 Å². The molecular weight excluding hydrogens is 320 g/mol. The maximum absolute atomic E-state index is 13.0. The van der Waals surface area contributed by atoms with Crippen LogP contribution in [-0.4, -0.2) is 23.9 Å². The number of halogens is 1. The van der Waals surface area contributed by atoms with Crippen LogP contribution in [0, 0.1) is 0 Å². The second kappa shape index (κ2) is 7.82. The SMILES string of the molecule is C[C@H](N[C@@H](C(=O)N1CCCC1)c1ccccc1)c1cccc(Cl)c1. The van der Waals surface area contributed by atoms with Gasteiger partial charge in [-0.05, 0) is 43.0 Å². The Balaban J connectivity index is 1.83. The van der Waals surface area contributed by atoms with E-state index in [1.165, 1.54) is 0 Å². The predicted octanol–water partition coefficient (Wildman–Crippen LogP) is 4.35. The summed E-state index contributed by atoms with van der Waals surface area (Å²) in [7, 11) is 0. The Bertz CT molecular complexity index is 683. The minimum atomic E-state index is -0.335. The molecular formula is C20H23ClN2O. The number of likely N-dealkylation sites (tertiary alicyclic amines) is 1. The van der Waals surface area contributed by atoms with Crippen molar-refractivity contribution >= 4 is 17.5 Å². The molecule has 3 nitrogen and oxygen atoms in total. The van der Waals surface area contributed by atoms with Crippen LogP contribution in [0.15, 0.2) is 54.6 Å². The third kappa shape index (κ3) is 3.97. The van der Waals surface area contributed by atoms with E-state index in [0.717, 1.165) is 37.1 Å². The Hall–Kier alpha value is -1.84. The highest BCUT2D eigenvalue weighted by molar-refractivity contribution is 6.30. The molecule has 0 bridgehead atoms. The molecule has 2 atom stereocenters. The van der Waals surface area contributed by atoms with Gasteiger partial charge in [-0.1, -0.05) is 54.1 Å². The molecule has 4 heteroatoms. The summed E-state index contributed by atoms with van der Waals surface area (Å²) in [5, 5.41) is 4.21. The van der Waals surface area contributed by atoms with E-state index in [1.54, 1.807) is 0 Å². The number of hydrogen-bond donors (Lipinski definition) is 1. The van der Waals surface area contributed by atoms with Crippen LogP contribution in [0.25, 0.3) is 0 Å². The van der Waals surface area contributed by atoms with Gasteiger partial charge in [0.1, 0.15) is 6.04 Å². The van der Waals surface area contributed by atoms with E-state index in [-0.39, 0.29) is 18.0 Å². The molecule has 126 valence electrons. The van der Waals surface area contributed by atoms with E-state index in [2.05, 4.69) is 12.2 Å². The first-order valence-electron chi connectivity index (χ1n) is 8.50. The minimum Gasteiger partial charge on any atom is -0.341 e. The Morgan fingerprint density at radius 1 is 1.04 bits per heavy atom. The van der Waals surface area contributed by atoms with Crippen LogP contribution in [0.3, 0.4) is 0 Å². The molecule has 0 saturated carbocycles. The predicted molar refractivity (Wildman–Crippen MR) is 98.0 cm³/mol. The maximum Gasteiger partial charge on any atom is 0.244 e. The summed E-state index contributed by atoms with van der Waals surface area (Å²) in [6, 6.07) is 17.4. The van der Waals surface area contributed by atoms with Crippen LogP contribution in [0.2, 0.25) is 5.02 Å². The van der Waals surface area contributed by atoms with Crippen LogP contribution in [0.4, 0.5) is 0 Å². The summed E-state index contributed by atoms with van der Waals surface area (Å²) in [5.74, 6) is 0.160. The zero-order chi connectivity index (χ0) is 16.9. The fraction of sp³-hybridized carbons (Fsp3) is 0.350. The van der Waals surface area contributed by atoms with Gasteiger partial charge in [0.15, 0.2) is 0 Å². The fourth-order valence-corrected chi connectivity index (χ4v) is 3.40. The van der Waals surface area contributed by atoms with Gasteiger partial charge in [-0.2, -0.15) is 0 Å². The average molecular weight is 343 g/mol. The molecule has 1 N–H and O–H groups in total. The molecule has 1 aliphatic heterocycles. The first-order valence-corrected chi connectivity index (χ1v) is 8.88. The van der Waals surface area contributed by atoms with E-state index in [4.69, 9.17) is 11.6 Å². The Kier molecular flexibility index (Phi) is 5.54. The molecule has 1 aliphatic rings. The first-order chi connectivity index (χ1) is 11.6. The van der Waals surface area contributed by atoms with Crippen molar-refractivity contribution in [2.45, 2.75) is 31.8 Å². The fourth-order valence-electron chi connectivity index (χ4n) is 3.20. The van der Waals surface area contributed by atoms with Crippen LogP contribution < -0.4 is 5.32 Å². The van der Waals surface area contributed by atoms with Crippen molar-refractivity contribution in [1.29, 1.82) is 0 Å². The second-order valence-corrected chi connectivity index (χ2v) is 6.76. The van der Waals surface area contributed by atoms with Crippen LogP contribution in [-0.2, 0) is 4.79 Å². The highest BCUT2D eigenvalue weighted by atomic mass is 35.5. The Labute approximate surface area is 148 Å². The van der Waals surface area contributed by atoms with Crippen LogP contribution in [0.5, 0.6) is 0 Å². The molecule has 0 aromatic heterocycles. The molecule has 0 radical (unpaired) electrons. The Morgan fingerprint density at radius 2 is 1.71 bits per heavy atom. The second-order valence-electron chi connectivity index (χ2n) is 6.32. The van der Waals surface area contributed by atoms with Crippen molar-refractivity contribution in [2.24, 2.45) is 0 Å². The van der Waals surface area contributed by atoms with Crippen molar-refractivity contribution in [3.05, 3.63) is 70.7 Å². The standard InChI is InChI=1S/C20H23ClN2O/c1-15(17-10-7-11-18(21)14-17)22-19(16-8-3-2-4-9-16)20(24)23-12-5-6-13-23/h2-4,7-11,14-15,19,22H,5-6,12-13H2,1H3/t15-,19+/m0/s1. The molecule has 3 rings (SSSR count). The molecule has 0 aliphatic carbocycles. The lowest BCUT2D eigenvalue weighted by Gasteiger charge is -2.27. The van der Waals surface area contributed by atoms with Crippen molar-refractivity contribution in [3.63, 3.8) is 0 Å². The average Bonchev–Trinajstić information content (AvgIpc) is 3.14. The summed E-state index contributed by atoms with van der Waals surface area (Å²) in [6.45, 7) is 3.78. The number of carbonyl (C=O) groups is 1. The lowest BCUT2D eigenvalue weighted by atomic mass is 10.0. The van der Waals surface area contributed by atoms with Gasteiger partial charge in [-0.3, -0.25) is 10.1 Å². The number of amides is 1. The topological polar surface area (TPSA) is 32.3 Å². The van der Waals surface area contributed by atoms with E-state index in [0.29, 0.717) is 5.02 Å². The lowest BCUT2D eigenvalue weighted by Crippen LogP contribution is -2.40. The minimum absolute atomic E-state index is 0.0282. The van der Waals surface area contributed by atoms with E-state index in [9.17, 15) is 4.79 Å². The number of rotatable bonds is 5. The number of nitrogens with zero attached hydrogens (tertiary/aromatic N) is 1. The lowest BCUT2D eigenvalue weighted by molar-refractivity contribution is -0.132. The van der Waals surface area contributed by atoms with Crippen molar-refractivity contribution in [1.82, 2.24) is 10.2 Å². The Morgan fingerprint density at radius 3 is 2.38 bits per heavy atom. The normalized spacial score (nSPS) is 16.8. The van der Waals surface area contributed by atoms with Gasteiger partial charge in [0.25, 0.3) is 0 Å². The zero-order valence-electron chi connectivity index (χ0n) is 13.9. The molecule has 1 fully saturated rings. The van der Waals surface area contributed by atoms with E-state index < -0.39 is 0 Å². The molecule has 0 spiro atoms. The van der Waals surface area contributed by atoms with Crippen molar-refractivity contribution in [3.8, 4) is 0 Å². The van der Waals surface area contributed by atoms with Gasteiger partial charge in [-0.25, -0.2) is 0 Å². The molecule has 1 amide bonds. The van der Waals surface area contributed by atoms with E-state index in [1.807, 2.05) is 59.5 Å². The van der Waals surface area contributed by atoms with Crippen LogP contribution in [0.1, 0.15) is 43.0 Å². The smallest absolute Gasteiger partial charge is 0.244 e. The van der Waals surface area contributed by atoms with Crippen molar-refractivity contribution in [2.75, 3.05) is 13.1 Å². The van der Waals surface area contributed by atoms with Crippen LogP contribution >= 0.6 is 11.6 Å². The summed E-state index contributed by atoms with van der Waals surface area (Å²) >= 11 is 6.11. The van der Waals surface area contributed by atoms with Gasteiger partial charge >= 0.3 is 0 Å². The van der Waals surface area contributed by atoms with Gasteiger partial charge in [0, 0.05) is 24.2 Å². The van der Waals surface area contributed by atoms with Gasteiger partial charge < -0.3 is 4.90 Å². The number of benzene rings is 2. The monoisotopic (exact) mass is 342 g/mol. The maximum atomic E-state index is 13.0. The highest BCUT2D eigenvalue weighted by Gasteiger charge is 2.28. The van der Waals surface area contributed by atoms with Gasteiger partial charge in [-0.15, -0.1) is 0 Å². The number of hydrogen-bond acceptors (Lipinski definition) is 2. The van der Waals surface area contributed by atoms with Gasteiger partial charge in [0.05, 0.1) is 0 Å². The molecule has 1 heterocycles. The number of carbonyl (C=O) groups excluding carboxylic acids is 1. The summed E-state index contributed by atoms with van der Waals surface area (Å²) in [5.41, 5.74) is 2.08. The first kappa shape index (κ1) is 17.0. The molecule has 0 unspecified atom stereocenters. The molecule has 24 heavy (non-hydrogen) atoms. The largest absolute Gasteiger partial charge is 0.341 e. The summed E-state index contributed by atoms with van der Waals surface area (Å²) < 4.78 is 0. The summed E-state index contributed by atoms with van der Waals surface area (Å²) in [6.07, 6.45) is 2.19. The van der Waals surface area contributed by atoms with E-state index >= 15 is 0 Å². The molecule has 2 aromatic rings. The highest BCUT2D eigenvalue weighted by Crippen LogP contribution is 2.24. The third-order valence-electron chi connectivity index (χ3n) is 4.56. The molecule has 2 aromatic carbocycles. The molecule has 1 saturated heterocycles. The zero-order valence-corrected chi connectivity index (χ0v) is 14.7. The number of nitrogens with one attached hydrogen (secondary N) is 1. The van der Waals surface area contributed by atoms with Crippen molar-refractivity contribution < 1.29 is 4.79 Å².